The molecule has 0 spiro atoms. The molecule has 2 N–H and O–H groups in total. The molecule has 1 aliphatic heterocycles. The number of benzene rings is 1. The highest BCUT2D eigenvalue weighted by Gasteiger charge is 2.19. The Morgan fingerprint density at radius 2 is 2.25 bits per heavy atom. The maximum atomic E-state index is 11.4. The lowest BCUT2D eigenvalue weighted by Gasteiger charge is -2.22. The van der Waals surface area contributed by atoms with E-state index in [0.29, 0.717) is 17.5 Å². The van der Waals surface area contributed by atoms with Gasteiger partial charge in [0.1, 0.15) is 4.88 Å². The van der Waals surface area contributed by atoms with Crippen molar-refractivity contribution in [3.63, 3.8) is 0 Å². The van der Waals surface area contributed by atoms with Crippen LogP contribution in [-0.2, 0) is 6.54 Å². The van der Waals surface area contributed by atoms with E-state index < -0.39 is 5.97 Å². The van der Waals surface area contributed by atoms with E-state index in [1.165, 1.54) is 29.9 Å². The molecule has 106 valence electrons. The second kappa shape index (κ2) is 6.16. The second-order valence-corrected chi connectivity index (χ2v) is 7.21. The summed E-state index contributed by atoms with van der Waals surface area (Å²) in [6.07, 6.45) is 2.44. The molecule has 5 heteroatoms. The molecule has 0 radical (unpaired) electrons. The van der Waals surface area contributed by atoms with Crippen LogP contribution in [0.15, 0.2) is 24.3 Å². The van der Waals surface area contributed by atoms with Crippen LogP contribution in [-0.4, -0.2) is 28.6 Å². The van der Waals surface area contributed by atoms with Crippen LogP contribution < -0.4 is 5.32 Å². The molecule has 0 aliphatic carbocycles. The fraction of sp³-hybridized carbons (Fsp3) is 0.400. The monoisotopic (exact) mass is 307 g/mol. The van der Waals surface area contributed by atoms with E-state index in [2.05, 4.69) is 5.32 Å². The summed E-state index contributed by atoms with van der Waals surface area (Å²) >= 11 is 3.35. The van der Waals surface area contributed by atoms with Crippen molar-refractivity contribution in [3.8, 4) is 0 Å². The Bertz CT molecular complexity index is 617. The van der Waals surface area contributed by atoms with Crippen LogP contribution in [0, 0.1) is 0 Å². The summed E-state index contributed by atoms with van der Waals surface area (Å²) in [4.78, 5) is 11.9. The van der Waals surface area contributed by atoms with Crippen LogP contribution in [0.3, 0.4) is 0 Å². The van der Waals surface area contributed by atoms with Crippen molar-refractivity contribution in [1.82, 2.24) is 5.32 Å². The number of hydrogen-bond donors (Lipinski definition) is 2. The molecule has 2 heterocycles. The molecule has 1 unspecified atom stereocenters. The van der Waals surface area contributed by atoms with Crippen molar-refractivity contribution in [2.75, 3.05) is 11.5 Å². The van der Waals surface area contributed by atoms with E-state index in [0.717, 1.165) is 21.4 Å². The fourth-order valence-corrected chi connectivity index (χ4v) is 4.76. The van der Waals surface area contributed by atoms with Gasteiger partial charge >= 0.3 is 5.97 Å². The zero-order valence-corrected chi connectivity index (χ0v) is 12.7. The lowest BCUT2D eigenvalue weighted by Crippen LogP contribution is -2.33. The summed E-state index contributed by atoms with van der Waals surface area (Å²) in [5.41, 5.74) is 0.939. The number of carboxylic acids is 1. The minimum atomic E-state index is -0.819. The molecule has 0 bridgehead atoms. The van der Waals surface area contributed by atoms with Crippen LogP contribution in [0.4, 0.5) is 0 Å². The molecule has 1 aromatic carbocycles. The van der Waals surface area contributed by atoms with Gasteiger partial charge in [0.05, 0.1) is 0 Å². The normalized spacial score (nSPS) is 19.3. The SMILES string of the molecule is O=C(O)c1sc2ccccc2c1CNC1CCCSC1. The smallest absolute Gasteiger partial charge is 0.346 e. The zero-order valence-electron chi connectivity index (χ0n) is 11.1. The van der Waals surface area contributed by atoms with Crippen molar-refractivity contribution < 1.29 is 9.90 Å². The molecule has 1 fully saturated rings. The number of rotatable bonds is 4. The van der Waals surface area contributed by atoms with Gasteiger partial charge in [-0.2, -0.15) is 11.8 Å². The summed E-state index contributed by atoms with van der Waals surface area (Å²) in [7, 11) is 0. The van der Waals surface area contributed by atoms with Crippen LogP contribution in [0.5, 0.6) is 0 Å². The number of nitrogens with one attached hydrogen (secondary N) is 1. The average molecular weight is 307 g/mol. The van der Waals surface area contributed by atoms with E-state index in [-0.39, 0.29) is 0 Å². The van der Waals surface area contributed by atoms with Crippen molar-refractivity contribution in [1.29, 1.82) is 0 Å². The van der Waals surface area contributed by atoms with Crippen LogP contribution in [0.2, 0.25) is 0 Å². The van der Waals surface area contributed by atoms with Crippen LogP contribution in [0.25, 0.3) is 10.1 Å². The fourth-order valence-electron chi connectivity index (χ4n) is 2.60. The van der Waals surface area contributed by atoms with Crippen LogP contribution >= 0.6 is 23.1 Å². The van der Waals surface area contributed by atoms with Gasteiger partial charge in [-0.05, 0) is 35.6 Å². The number of fused-ring (bicyclic) bond motifs is 1. The van der Waals surface area contributed by atoms with E-state index in [9.17, 15) is 9.90 Å². The predicted octanol–water partition coefficient (Wildman–Crippen LogP) is 3.58. The standard InChI is InChI=1S/C15H17NO2S2/c17-15(18)14-12(8-16-10-4-3-7-19-9-10)11-5-1-2-6-13(11)20-14/h1-2,5-6,10,16H,3-4,7-9H2,(H,17,18). The number of carboxylic acid groups (broad SMARTS) is 1. The Hall–Kier alpha value is -1.04. The van der Waals surface area contributed by atoms with Crippen LogP contribution in [0.1, 0.15) is 28.1 Å². The third-order valence-electron chi connectivity index (χ3n) is 3.62. The van der Waals surface area contributed by atoms with E-state index in [1.807, 2.05) is 36.0 Å². The molecule has 2 aromatic rings. The molecule has 1 atom stereocenters. The first kappa shape index (κ1) is 13.9. The number of aromatic carboxylic acids is 1. The molecule has 0 saturated carbocycles. The number of carbonyl (C=O) groups is 1. The Kier molecular flexibility index (Phi) is 4.29. The molecule has 1 saturated heterocycles. The van der Waals surface area contributed by atoms with Gasteiger partial charge in [0.25, 0.3) is 0 Å². The lowest BCUT2D eigenvalue weighted by molar-refractivity contribution is 0.0701. The minimum absolute atomic E-state index is 0.474. The third-order valence-corrected chi connectivity index (χ3v) is 6.04. The first-order valence-corrected chi connectivity index (χ1v) is 8.77. The number of thiophene rings is 1. The summed E-state index contributed by atoms with van der Waals surface area (Å²) < 4.78 is 1.06. The highest BCUT2D eigenvalue weighted by molar-refractivity contribution is 7.99. The van der Waals surface area contributed by atoms with Gasteiger partial charge in [-0.25, -0.2) is 4.79 Å². The first-order chi connectivity index (χ1) is 9.75. The lowest BCUT2D eigenvalue weighted by atomic mass is 10.1. The second-order valence-electron chi connectivity index (χ2n) is 5.01. The van der Waals surface area contributed by atoms with Crippen molar-refractivity contribution in [2.45, 2.75) is 25.4 Å². The molecule has 1 aromatic heterocycles. The van der Waals surface area contributed by atoms with Crippen molar-refractivity contribution in [3.05, 3.63) is 34.7 Å². The van der Waals surface area contributed by atoms with Gasteiger partial charge in [-0.1, -0.05) is 18.2 Å². The summed E-state index contributed by atoms with van der Waals surface area (Å²) in [6.45, 7) is 0.650. The van der Waals surface area contributed by atoms with E-state index in [4.69, 9.17) is 0 Å². The quantitative estimate of drug-likeness (QED) is 0.906. The largest absolute Gasteiger partial charge is 0.477 e. The van der Waals surface area contributed by atoms with E-state index in [1.54, 1.807) is 0 Å². The van der Waals surface area contributed by atoms with Gasteiger partial charge in [-0.15, -0.1) is 11.3 Å². The molecule has 3 rings (SSSR count). The molecule has 3 nitrogen and oxygen atoms in total. The Balaban J connectivity index is 1.84. The Labute approximate surface area is 126 Å². The highest BCUT2D eigenvalue weighted by Crippen LogP contribution is 2.31. The van der Waals surface area contributed by atoms with Crippen molar-refractivity contribution in [2.24, 2.45) is 0 Å². The molecule has 20 heavy (non-hydrogen) atoms. The average Bonchev–Trinajstić information content (AvgIpc) is 2.85. The number of thioether (sulfide) groups is 1. The summed E-state index contributed by atoms with van der Waals surface area (Å²) in [5.74, 6) is 1.56. The maximum absolute atomic E-state index is 11.4. The molecular weight excluding hydrogens is 290 g/mol. The Morgan fingerprint density at radius 1 is 1.40 bits per heavy atom. The zero-order chi connectivity index (χ0) is 13.9. The minimum Gasteiger partial charge on any atom is -0.477 e. The number of hydrogen-bond acceptors (Lipinski definition) is 4. The predicted molar refractivity (Wildman–Crippen MR) is 86.0 cm³/mol. The van der Waals surface area contributed by atoms with Gasteiger partial charge < -0.3 is 10.4 Å². The molecule has 0 amide bonds. The van der Waals surface area contributed by atoms with Gasteiger partial charge in [-0.3, -0.25) is 0 Å². The Morgan fingerprint density at radius 3 is 3.00 bits per heavy atom. The van der Waals surface area contributed by atoms with Gasteiger partial charge in [0, 0.05) is 23.0 Å². The van der Waals surface area contributed by atoms with E-state index >= 15 is 0 Å². The molecule has 1 aliphatic rings. The summed E-state index contributed by atoms with van der Waals surface area (Å²) in [5, 5.41) is 14.0. The van der Waals surface area contributed by atoms with Gasteiger partial charge in [0.15, 0.2) is 0 Å². The first-order valence-electron chi connectivity index (χ1n) is 6.80. The summed E-state index contributed by atoms with van der Waals surface area (Å²) in [6, 6.07) is 8.45. The molecular formula is C15H17NO2S2. The topological polar surface area (TPSA) is 49.3 Å². The maximum Gasteiger partial charge on any atom is 0.346 e. The van der Waals surface area contributed by atoms with Gasteiger partial charge in [0.2, 0.25) is 0 Å². The highest BCUT2D eigenvalue weighted by atomic mass is 32.2. The third kappa shape index (κ3) is 2.85. The van der Waals surface area contributed by atoms with Crippen molar-refractivity contribution >= 4 is 39.2 Å².